The van der Waals surface area contributed by atoms with E-state index < -0.39 is 0 Å². The summed E-state index contributed by atoms with van der Waals surface area (Å²) in [5.41, 5.74) is 6.86. The van der Waals surface area contributed by atoms with Crippen LogP contribution in [-0.2, 0) is 31.3 Å². The molecule has 3 nitrogen and oxygen atoms in total. The Labute approximate surface area is 236 Å². The van der Waals surface area contributed by atoms with Gasteiger partial charge in [0.05, 0.1) is 5.69 Å². The summed E-state index contributed by atoms with van der Waals surface area (Å²) in [5.74, 6) is 0.529. The van der Waals surface area contributed by atoms with E-state index in [9.17, 15) is 10.2 Å². The smallest absolute Gasteiger partial charge is 0.142 e. The number of benzene rings is 4. The monoisotopic (exact) mass is 647 g/mol. The Hall–Kier alpha value is -2.85. The number of hydrogen-bond acceptors (Lipinski definition) is 3. The van der Waals surface area contributed by atoms with Gasteiger partial charge in [0.25, 0.3) is 0 Å². The number of nitrogens with zero attached hydrogens (tertiary/aromatic N) is 1. The molecule has 4 heteroatoms. The van der Waals surface area contributed by atoms with E-state index in [2.05, 4.69) is 20.8 Å². The third-order valence-electron chi connectivity index (χ3n) is 6.08. The average Bonchev–Trinajstić information content (AvgIpc) is 2.80. The van der Waals surface area contributed by atoms with Crippen LogP contribution in [0.5, 0.6) is 11.5 Å². The first-order chi connectivity index (χ1) is 15.7. The summed E-state index contributed by atoms with van der Waals surface area (Å²) in [5, 5.41) is 22.5. The van der Waals surface area contributed by atoms with Crippen LogP contribution in [0.1, 0.15) is 31.9 Å². The minimum atomic E-state index is -0.187. The second-order valence-electron chi connectivity index (χ2n) is 9.57. The molecule has 0 spiro atoms. The molecule has 0 bridgehead atoms. The number of aromatic hydroxyl groups is 2. The van der Waals surface area contributed by atoms with Gasteiger partial charge in [-0.3, -0.25) is 0 Å². The molecular weight excluding hydrogens is 609 g/mol. The molecule has 0 aromatic heterocycles. The van der Waals surface area contributed by atoms with Gasteiger partial charge in [-0.15, -0.1) is 0 Å². The van der Waals surface area contributed by atoms with Crippen LogP contribution < -0.4 is 4.90 Å². The fraction of sp³-hybridized carbons (Fsp3) is 0.188. The van der Waals surface area contributed by atoms with Crippen molar-refractivity contribution in [2.24, 2.45) is 0 Å². The molecule has 0 radical (unpaired) electrons. The van der Waals surface area contributed by atoms with Crippen LogP contribution in [0, 0.1) is 21.8 Å². The van der Waals surface area contributed by atoms with Crippen LogP contribution in [0.25, 0.3) is 22.3 Å². The Morgan fingerprint density at radius 3 is 1.83 bits per heavy atom. The molecule has 0 saturated carbocycles. The molecule has 0 aliphatic heterocycles. The zero-order valence-corrected chi connectivity index (χ0v) is 26.0. The van der Waals surface area contributed by atoms with Gasteiger partial charge in [-0.05, 0) is 35.6 Å². The number of phenols is 2. The molecule has 0 heterocycles. The van der Waals surface area contributed by atoms with E-state index in [0.717, 1.165) is 44.8 Å². The minimum absolute atomic E-state index is 0. The SMILES string of the molecule is Cc1cc(N(C)c2ccccc2-c2cccc(-c3ccccc3)c2O)c(O)c(C(C)(C)C)c1.[CH3-].[CH3-].[Hf]. The molecule has 0 aliphatic rings. The van der Waals surface area contributed by atoms with Crippen molar-refractivity contribution in [3.8, 4) is 33.8 Å². The maximum atomic E-state index is 11.3. The molecule has 0 fully saturated rings. The Morgan fingerprint density at radius 1 is 0.639 bits per heavy atom. The molecular formula is C32H37HfNO2-2. The number of phenolic OH excluding ortho intramolecular Hbond substituents is 2. The summed E-state index contributed by atoms with van der Waals surface area (Å²) in [6.45, 7) is 8.36. The van der Waals surface area contributed by atoms with Crippen LogP contribution >= 0.6 is 0 Å². The van der Waals surface area contributed by atoms with Crippen LogP contribution in [0.3, 0.4) is 0 Å². The molecule has 4 aromatic carbocycles. The van der Waals surface area contributed by atoms with Crippen LogP contribution in [0.4, 0.5) is 11.4 Å². The van der Waals surface area contributed by atoms with Crippen molar-refractivity contribution in [3.63, 3.8) is 0 Å². The van der Waals surface area contributed by atoms with Gasteiger partial charge in [-0.1, -0.05) is 93.6 Å². The van der Waals surface area contributed by atoms with Gasteiger partial charge in [-0.2, -0.15) is 0 Å². The van der Waals surface area contributed by atoms with E-state index in [1.807, 2.05) is 104 Å². The number of para-hydroxylation sites is 2. The number of anilines is 2. The molecule has 0 amide bonds. The first kappa shape index (κ1) is 31.2. The van der Waals surface area contributed by atoms with E-state index in [4.69, 9.17) is 0 Å². The number of rotatable bonds is 4. The summed E-state index contributed by atoms with van der Waals surface area (Å²) < 4.78 is 0. The minimum Gasteiger partial charge on any atom is -0.507 e. The molecule has 4 rings (SSSR count). The zero-order valence-electron chi connectivity index (χ0n) is 22.4. The molecule has 188 valence electrons. The maximum Gasteiger partial charge on any atom is 0.142 e. The third-order valence-corrected chi connectivity index (χ3v) is 6.08. The normalized spacial score (nSPS) is 10.5. The standard InChI is InChI=1S/C30H31NO2.2CH3.Hf/c1-20-18-25(30(2,3)4)29(33)27(19-20)31(5)26-17-10-9-14-23(26)24-16-11-15-22(28(24)32)21-12-7-6-8-13-21;;;/h6-19,32-33H,1-5H3;2*1H3;/q;2*-1;. The summed E-state index contributed by atoms with van der Waals surface area (Å²) in [6, 6.07) is 27.8. The van der Waals surface area contributed by atoms with Crippen LogP contribution in [0.15, 0.2) is 84.9 Å². The van der Waals surface area contributed by atoms with E-state index >= 15 is 0 Å². The van der Waals surface area contributed by atoms with E-state index in [1.165, 1.54) is 0 Å². The van der Waals surface area contributed by atoms with Crippen LogP contribution in [0.2, 0.25) is 0 Å². The van der Waals surface area contributed by atoms with Gasteiger partial charge in [-0.25, -0.2) is 0 Å². The Bertz CT molecular complexity index is 1290. The van der Waals surface area contributed by atoms with Crippen molar-refractivity contribution in [1.29, 1.82) is 0 Å². The van der Waals surface area contributed by atoms with E-state index in [0.29, 0.717) is 0 Å². The average molecular weight is 646 g/mol. The number of aryl methyl sites for hydroxylation is 1. The Kier molecular flexibility index (Phi) is 10.7. The molecule has 0 saturated heterocycles. The van der Waals surface area contributed by atoms with Gasteiger partial charge in [0, 0.05) is 60.8 Å². The Balaban J connectivity index is 0.00000216. The van der Waals surface area contributed by atoms with E-state index in [1.54, 1.807) is 0 Å². The summed E-state index contributed by atoms with van der Waals surface area (Å²) in [7, 11) is 1.96. The zero-order chi connectivity index (χ0) is 23.8. The predicted molar refractivity (Wildman–Crippen MR) is 151 cm³/mol. The molecule has 4 aromatic rings. The fourth-order valence-corrected chi connectivity index (χ4v) is 4.32. The molecule has 36 heavy (non-hydrogen) atoms. The second-order valence-corrected chi connectivity index (χ2v) is 9.57. The van der Waals surface area contributed by atoms with Gasteiger partial charge in [0.1, 0.15) is 11.5 Å². The summed E-state index contributed by atoms with van der Waals surface area (Å²) in [6.07, 6.45) is 0. The van der Waals surface area contributed by atoms with Crippen molar-refractivity contribution in [2.75, 3.05) is 11.9 Å². The molecule has 0 unspecified atom stereocenters. The topological polar surface area (TPSA) is 43.7 Å². The first-order valence-electron chi connectivity index (χ1n) is 11.2. The Morgan fingerprint density at radius 2 is 1.19 bits per heavy atom. The second kappa shape index (κ2) is 12.4. The van der Waals surface area contributed by atoms with E-state index in [-0.39, 0.29) is 57.6 Å². The van der Waals surface area contributed by atoms with Crippen molar-refractivity contribution >= 4 is 11.4 Å². The summed E-state index contributed by atoms with van der Waals surface area (Å²) in [4.78, 5) is 2.00. The summed E-state index contributed by atoms with van der Waals surface area (Å²) >= 11 is 0. The maximum absolute atomic E-state index is 11.3. The van der Waals surface area contributed by atoms with Crippen LogP contribution in [-0.4, -0.2) is 17.3 Å². The fourth-order valence-electron chi connectivity index (χ4n) is 4.32. The first-order valence-corrected chi connectivity index (χ1v) is 11.2. The van der Waals surface area contributed by atoms with Gasteiger partial charge in [0.15, 0.2) is 0 Å². The van der Waals surface area contributed by atoms with Crippen molar-refractivity contribution in [2.45, 2.75) is 33.1 Å². The van der Waals surface area contributed by atoms with Crippen molar-refractivity contribution < 1.29 is 36.1 Å². The van der Waals surface area contributed by atoms with Gasteiger partial charge < -0.3 is 30.0 Å². The van der Waals surface area contributed by atoms with Crippen molar-refractivity contribution in [3.05, 3.63) is 111 Å². The number of hydrogen-bond donors (Lipinski definition) is 2. The van der Waals surface area contributed by atoms with Crippen molar-refractivity contribution in [1.82, 2.24) is 0 Å². The molecule has 0 atom stereocenters. The largest absolute Gasteiger partial charge is 0.507 e. The quantitative estimate of drug-likeness (QED) is 0.172. The van der Waals surface area contributed by atoms with Gasteiger partial charge in [0.2, 0.25) is 0 Å². The molecule has 2 N–H and O–H groups in total. The van der Waals surface area contributed by atoms with Gasteiger partial charge >= 0.3 is 0 Å². The molecule has 0 aliphatic carbocycles. The predicted octanol–water partition coefficient (Wildman–Crippen LogP) is 8.70. The third kappa shape index (κ3) is 6.10.